The van der Waals surface area contributed by atoms with E-state index in [1.807, 2.05) is 30.3 Å². The van der Waals surface area contributed by atoms with E-state index in [0.29, 0.717) is 10.6 Å². The summed E-state index contributed by atoms with van der Waals surface area (Å²) in [5, 5.41) is 3.02. The predicted molar refractivity (Wildman–Crippen MR) is 100 cm³/mol. The average molecular weight is 372 g/mol. The number of amides is 3. The highest BCUT2D eigenvalue weighted by Gasteiger charge is 2.15. The lowest BCUT2D eigenvalue weighted by molar-refractivity contribution is -0.127. The number of nitrogens with one attached hydrogen (secondary N) is 3. The second kappa shape index (κ2) is 9.39. The van der Waals surface area contributed by atoms with Crippen molar-refractivity contribution in [1.29, 1.82) is 0 Å². The first-order chi connectivity index (χ1) is 12.5. The van der Waals surface area contributed by atoms with Gasteiger partial charge in [0.25, 0.3) is 11.8 Å². The summed E-state index contributed by atoms with van der Waals surface area (Å²) in [6.07, 6.45) is 2.98. The highest BCUT2D eigenvalue weighted by atomic mass is 35.5. The zero-order chi connectivity index (χ0) is 18.9. The molecule has 0 radical (unpaired) electrons. The molecular formula is C19H18ClN3O3. The molecule has 1 atom stereocenters. The van der Waals surface area contributed by atoms with Crippen molar-refractivity contribution in [3.8, 4) is 0 Å². The number of rotatable bonds is 5. The molecule has 0 bridgehead atoms. The van der Waals surface area contributed by atoms with E-state index in [1.54, 1.807) is 18.2 Å². The summed E-state index contributed by atoms with van der Waals surface area (Å²) >= 11 is 5.75. The Morgan fingerprint density at radius 2 is 1.62 bits per heavy atom. The van der Waals surface area contributed by atoms with Gasteiger partial charge in [-0.15, -0.1) is 0 Å². The van der Waals surface area contributed by atoms with Crippen molar-refractivity contribution in [3.63, 3.8) is 0 Å². The Balaban J connectivity index is 1.79. The summed E-state index contributed by atoms with van der Waals surface area (Å²) in [7, 11) is 0. The molecule has 0 saturated carbocycles. The third-order valence-corrected chi connectivity index (χ3v) is 3.64. The summed E-state index contributed by atoms with van der Waals surface area (Å²) < 4.78 is 0. The van der Waals surface area contributed by atoms with Crippen LogP contribution in [0.3, 0.4) is 0 Å². The minimum absolute atomic E-state index is 0.345. The van der Waals surface area contributed by atoms with Gasteiger partial charge in [-0.25, -0.2) is 0 Å². The molecule has 0 aliphatic carbocycles. The van der Waals surface area contributed by atoms with E-state index in [1.165, 1.54) is 25.1 Å². The molecule has 26 heavy (non-hydrogen) atoms. The summed E-state index contributed by atoms with van der Waals surface area (Å²) in [5.74, 6) is -1.45. The lowest BCUT2D eigenvalue weighted by atomic mass is 10.2. The molecule has 0 spiro atoms. The Bertz CT molecular complexity index is 805. The van der Waals surface area contributed by atoms with E-state index in [9.17, 15) is 14.4 Å². The Labute approximate surface area is 156 Å². The normalized spacial score (nSPS) is 11.6. The zero-order valence-electron chi connectivity index (χ0n) is 14.0. The highest BCUT2D eigenvalue weighted by molar-refractivity contribution is 6.30. The maximum atomic E-state index is 12.0. The van der Waals surface area contributed by atoms with Crippen LogP contribution in [0.2, 0.25) is 5.02 Å². The molecule has 0 saturated heterocycles. The molecule has 2 aromatic carbocycles. The molecule has 2 aromatic rings. The third-order valence-electron chi connectivity index (χ3n) is 3.38. The van der Waals surface area contributed by atoms with Crippen molar-refractivity contribution in [2.75, 3.05) is 0 Å². The minimum Gasteiger partial charge on any atom is -0.341 e. The van der Waals surface area contributed by atoms with Crippen molar-refractivity contribution in [2.24, 2.45) is 0 Å². The fraction of sp³-hybridized carbons (Fsp3) is 0.105. The molecule has 0 fully saturated rings. The Hall–Kier alpha value is -3.12. The molecule has 0 aliphatic rings. The van der Waals surface area contributed by atoms with Gasteiger partial charge >= 0.3 is 0 Å². The van der Waals surface area contributed by atoms with Crippen LogP contribution in [0.25, 0.3) is 6.08 Å². The van der Waals surface area contributed by atoms with E-state index in [2.05, 4.69) is 16.2 Å². The van der Waals surface area contributed by atoms with Crippen LogP contribution in [0, 0.1) is 0 Å². The van der Waals surface area contributed by atoms with Gasteiger partial charge in [0.15, 0.2) is 0 Å². The maximum absolute atomic E-state index is 12.0. The standard InChI is InChI=1S/C19H18ClN3O3/c1-13(21-17(24)12-7-14-5-3-2-4-6-14)18(25)22-23-19(26)15-8-10-16(20)11-9-15/h2-13H,1H3,(H,21,24)(H,22,25)(H,23,26)/b12-7+. The first-order valence-corrected chi connectivity index (χ1v) is 8.23. The number of hydrogen-bond acceptors (Lipinski definition) is 3. The number of halogens is 1. The fourth-order valence-corrected chi connectivity index (χ4v) is 2.09. The maximum Gasteiger partial charge on any atom is 0.269 e. The van der Waals surface area contributed by atoms with Crippen molar-refractivity contribution >= 4 is 35.4 Å². The lowest BCUT2D eigenvalue weighted by Crippen LogP contribution is -2.50. The van der Waals surface area contributed by atoms with Gasteiger partial charge in [-0.1, -0.05) is 41.9 Å². The monoisotopic (exact) mass is 371 g/mol. The van der Waals surface area contributed by atoms with Crippen molar-refractivity contribution < 1.29 is 14.4 Å². The number of benzene rings is 2. The van der Waals surface area contributed by atoms with Gasteiger partial charge in [0.2, 0.25) is 5.91 Å². The zero-order valence-corrected chi connectivity index (χ0v) is 14.8. The predicted octanol–water partition coefficient (Wildman–Crippen LogP) is 2.32. The molecule has 6 nitrogen and oxygen atoms in total. The SMILES string of the molecule is CC(NC(=O)/C=C/c1ccccc1)C(=O)NNC(=O)c1ccc(Cl)cc1. The molecular weight excluding hydrogens is 354 g/mol. The van der Waals surface area contributed by atoms with Crippen LogP contribution in [0.5, 0.6) is 0 Å². The second-order valence-electron chi connectivity index (χ2n) is 5.42. The number of carbonyl (C=O) groups is 3. The quantitative estimate of drug-likeness (QED) is 0.556. The van der Waals surface area contributed by atoms with Crippen molar-refractivity contribution in [1.82, 2.24) is 16.2 Å². The molecule has 3 N–H and O–H groups in total. The van der Waals surface area contributed by atoms with Gasteiger partial charge in [0, 0.05) is 16.7 Å². The van der Waals surface area contributed by atoms with Crippen LogP contribution >= 0.6 is 11.6 Å². The largest absolute Gasteiger partial charge is 0.341 e. The van der Waals surface area contributed by atoms with Crippen LogP contribution in [0.1, 0.15) is 22.8 Å². The molecule has 0 aliphatic heterocycles. The van der Waals surface area contributed by atoms with E-state index in [0.717, 1.165) is 5.56 Å². The first kappa shape index (κ1) is 19.2. The molecule has 134 valence electrons. The summed E-state index contributed by atoms with van der Waals surface area (Å²) in [4.78, 5) is 35.7. The summed E-state index contributed by atoms with van der Waals surface area (Å²) in [6.45, 7) is 1.51. The van der Waals surface area contributed by atoms with Crippen molar-refractivity contribution in [2.45, 2.75) is 13.0 Å². The Morgan fingerprint density at radius 1 is 0.962 bits per heavy atom. The van der Waals surface area contributed by atoms with Gasteiger partial charge in [0.1, 0.15) is 6.04 Å². The van der Waals surface area contributed by atoms with Crippen LogP contribution in [0.15, 0.2) is 60.7 Å². The van der Waals surface area contributed by atoms with Gasteiger partial charge in [-0.2, -0.15) is 0 Å². The molecule has 7 heteroatoms. The molecule has 3 amide bonds. The van der Waals surface area contributed by atoms with Gasteiger partial charge in [0.05, 0.1) is 0 Å². The second-order valence-corrected chi connectivity index (χ2v) is 5.86. The van der Waals surface area contributed by atoms with Crippen LogP contribution < -0.4 is 16.2 Å². The van der Waals surface area contributed by atoms with E-state index in [4.69, 9.17) is 11.6 Å². The van der Waals surface area contributed by atoms with Crippen molar-refractivity contribution in [3.05, 3.63) is 76.8 Å². The average Bonchev–Trinajstić information content (AvgIpc) is 2.65. The Morgan fingerprint density at radius 3 is 2.27 bits per heavy atom. The fourth-order valence-electron chi connectivity index (χ4n) is 1.96. The number of carbonyl (C=O) groups excluding carboxylic acids is 3. The van der Waals surface area contributed by atoms with Gasteiger partial charge < -0.3 is 5.32 Å². The number of hydrazine groups is 1. The van der Waals surface area contributed by atoms with Crippen LogP contribution in [0.4, 0.5) is 0 Å². The third kappa shape index (κ3) is 6.07. The molecule has 0 aromatic heterocycles. The molecule has 2 rings (SSSR count). The summed E-state index contributed by atoms with van der Waals surface area (Å²) in [6, 6.07) is 14.7. The van der Waals surface area contributed by atoms with Crippen LogP contribution in [-0.4, -0.2) is 23.8 Å². The van der Waals surface area contributed by atoms with Gasteiger partial charge in [-0.05, 0) is 42.8 Å². The molecule has 1 unspecified atom stereocenters. The van der Waals surface area contributed by atoms with E-state index < -0.39 is 23.8 Å². The van der Waals surface area contributed by atoms with Crippen LogP contribution in [-0.2, 0) is 9.59 Å². The first-order valence-electron chi connectivity index (χ1n) is 7.85. The Kier molecular flexibility index (Phi) is 6.93. The number of hydrogen-bond donors (Lipinski definition) is 3. The smallest absolute Gasteiger partial charge is 0.269 e. The van der Waals surface area contributed by atoms with E-state index >= 15 is 0 Å². The van der Waals surface area contributed by atoms with E-state index in [-0.39, 0.29) is 0 Å². The topological polar surface area (TPSA) is 87.3 Å². The highest BCUT2D eigenvalue weighted by Crippen LogP contribution is 2.09. The molecule has 0 heterocycles. The van der Waals surface area contributed by atoms with Gasteiger partial charge in [-0.3, -0.25) is 25.2 Å². The lowest BCUT2D eigenvalue weighted by Gasteiger charge is -2.13. The minimum atomic E-state index is -0.826. The summed E-state index contributed by atoms with van der Waals surface area (Å²) in [5.41, 5.74) is 5.76.